The van der Waals surface area contributed by atoms with E-state index in [1.807, 2.05) is 18.2 Å². The highest BCUT2D eigenvalue weighted by molar-refractivity contribution is 6.27. The van der Waals surface area contributed by atoms with Gasteiger partial charge < -0.3 is 29.9 Å². The SMILES string of the molecule is Oc1c(O)c(O)c(-c2ccc3c(c2)oc2cccc(-c4ccc5ccc6cccc7ccc4c5c67)c23)c(O)c1O. The Kier molecular flexibility index (Phi) is 4.31. The van der Waals surface area contributed by atoms with Crippen molar-refractivity contribution in [2.24, 2.45) is 0 Å². The van der Waals surface area contributed by atoms with E-state index in [1.54, 1.807) is 12.1 Å². The van der Waals surface area contributed by atoms with E-state index in [1.165, 1.54) is 26.9 Å². The predicted molar refractivity (Wildman–Crippen MR) is 157 cm³/mol. The van der Waals surface area contributed by atoms with Gasteiger partial charge in [-0.1, -0.05) is 72.8 Å². The Morgan fingerprint density at radius 1 is 0.425 bits per heavy atom. The molecular weight excluding hydrogens is 504 g/mol. The molecule has 0 aliphatic carbocycles. The molecule has 0 amide bonds. The van der Waals surface area contributed by atoms with Crippen LogP contribution in [0.1, 0.15) is 0 Å². The molecule has 0 aliphatic rings. The number of phenols is 5. The maximum absolute atomic E-state index is 10.4. The fourth-order valence-corrected chi connectivity index (χ4v) is 6.13. The first-order valence-corrected chi connectivity index (χ1v) is 12.7. The number of aromatic hydroxyl groups is 5. The summed E-state index contributed by atoms with van der Waals surface area (Å²) >= 11 is 0. The van der Waals surface area contributed by atoms with Gasteiger partial charge in [0.2, 0.25) is 17.2 Å². The number of hydrogen-bond donors (Lipinski definition) is 5. The lowest BCUT2D eigenvalue weighted by Gasteiger charge is -2.14. The van der Waals surface area contributed by atoms with Crippen molar-refractivity contribution < 1.29 is 29.9 Å². The maximum Gasteiger partial charge on any atom is 0.208 e. The third-order valence-electron chi connectivity index (χ3n) is 7.98. The van der Waals surface area contributed by atoms with Gasteiger partial charge in [0, 0.05) is 10.8 Å². The van der Waals surface area contributed by atoms with Crippen LogP contribution in [0.15, 0.2) is 95.4 Å². The molecule has 0 bridgehead atoms. The fourth-order valence-electron chi connectivity index (χ4n) is 6.13. The van der Waals surface area contributed by atoms with E-state index < -0.39 is 28.7 Å². The molecule has 0 spiro atoms. The Hall–Kier alpha value is -5.62. The molecule has 1 aromatic heterocycles. The molecule has 8 rings (SSSR count). The van der Waals surface area contributed by atoms with Crippen molar-refractivity contribution in [3.05, 3.63) is 91.0 Å². The second-order valence-corrected chi connectivity index (χ2v) is 10.1. The summed E-state index contributed by atoms with van der Waals surface area (Å²) in [6.07, 6.45) is 0. The normalized spacial score (nSPS) is 12.0. The minimum Gasteiger partial charge on any atom is -0.504 e. The minimum absolute atomic E-state index is 0.220. The summed E-state index contributed by atoms with van der Waals surface area (Å²) in [5.74, 6) is -4.35. The van der Waals surface area contributed by atoms with Crippen molar-refractivity contribution in [1.29, 1.82) is 0 Å². The molecular formula is C34H20O6. The second kappa shape index (κ2) is 7.71. The van der Waals surface area contributed by atoms with Crippen LogP contribution in [0.25, 0.3) is 76.5 Å². The summed E-state index contributed by atoms with van der Waals surface area (Å²) in [4.78, 5) is 0. The average molecular weight is 525 g/mol. The van der Waals surface area contributed by atoms with Gasteiger partial charge in [-0.25, -0.2) is 0 Å². The van der Waals surface area contributed by atoms with Crippen molar-refractivity contribution in [2.45, 2.75) is 0 Å². The number of fused-ring (bicyclic) bond motifs is 3. The van der Waals surface area contributed by atoms with E-state index >= 15 is 0 Å². The maximum atomic E-state index is 10.4. The third kappa shape index (κ3) is 2.82. The Morgan fingerprint density at radius 2 is 1.02 bits per heavy atom. The second-order valence-electron chi connectivity index (χ2n) is 10.1. The van der Waals surface area contributed by atoms with Crippen LogP contribution in [-0.2, 0) is 0 Å². The van der Waals surface area contributed by atoms with Crippen LogP contribution in [-0.4, -0.2) is 25.5 Å². The number of furan rings is 1. The first-order chi connectivity index (χ1) is 19.4. The van der Waals surface area contributed by atoms with Crippen LogP contribution >= 0.6 is 0 Å². The Morgan fingerprint density at radius 3 is 1.77 bits per heavy atom. The van der Waals surface area contributed by atoms with E-state index in [0.29, 0.717) is 11.2 Å². The van der Waals surface area contributed by atoms with Gasteiger partial charge in [0.25, 0.3) is 0 Å². The zero-order chi connectivity index (χ0) is 27.3. The highest BCUT2D eigenvalue weighted by atomic mass is 16.4. The van der Waals surface area contributed by atoms with Crippen LogP contribution in [0, 0.1) is 0 Å². The summed E-state index contributed by atoms with van der Waals surface area (Å²) in [7, 11) is 0. The summed E-state index contributed by atoms with van der Waals surface area (Å²) in [5, 5.41) is 59.7. The van der Waals surface area contributed by atoms with Crippen LogP contribution < -0.4 is 0 Å². The van der Waals surface area contributed by atoms with Gasteiger partial charge in [-0.2, -0.15) is 0 Å². The lowest BCUT2D eigenvalue weighted by molar-refractivity contribution is 0.330. The number of phenolic OH excluding ortho intramolecular Hbond substituents is 5. The van der Waals surface area contributed by atoms with Gasteiger partial charge in [-0.05, 0) is 67.2 Å². The molecule has 5 N–H and O–H groups in total. The monoisotopic (exact) mass is 524 g/mol. The molecule has 0 saturated heterocycles. The first-order valence-electron chi connectivity index (χ1n) is 12.7. The van der Waals surface area contributed by atoms with Crippen LogP contribution in [0.4, 0.5) is 0 Å². The fraction of sp³-hybridized carbons (Fsp3) is 0. The zero-order valence-electron chi connectivity index (χ0n) is 20.8. The quantitative estimate of drug-likeness (QED) is 0.0882. The van der Waals surface area contributed by atoms with Gasteiger partial charge >= 0.3 is 0 Å². The number of benzene rings is 7. The van der Waals surface area contributed by atoms with E-state index in [4.69, 9.17) is 4.42 Å². The molecule has 8 aromatic rings. The van der Waals surface area contributed by atoms with E-state index in [-0.39, 0.29) is 11.1 Å². The summed E-state index contributed by atoms with van der Waals surface area (Å²) in [5.41, 5.74) is 3.31. The molecule has 7 aromatic carbocycles. The Bertz CT molecular complexity index is 2280. The zero-order valence-corrected chi connectivity index (χ0v) is 20.8. The molecule has 6 nitrogen and oxygen atoms in total. The molecule has 0 unspecified atom stereocenters. The number of rotatable bonds is 2. The lowest BCUT2D eigenvalue weighted by atomic mass is 9.88. The third-order valence-corrected chi connectivity index (χ3v) is 7.98. The smallest absolute Gasteiger partial charge is 0.208 e. The van der Waals surface area contributed by atoms with Crippen molar-refractivity contribution in [1.82, 2.24) is 0 Å². The van der Waals surface area contributed by atoms with Crippen LogP contribution in [0.5, 0.6) is 28.7 Å². The van der Waals surface area contributed by atoms with Gasteiger partial charge in [-0.3, -0.25) is 0 Å². The molecule has 0 radical (unpaired) electrons. The largest absolute Gasteiger partial charge is 0.504 e. The van der Waals surface area contributed by atoms with E-state index in [2.05, 4.69) is 60.7 Å². The highest BCUT2D eigenvalue weighted by Crippen LogP contribution is 2.55. The topological polar surface area (TPSA) is 114 Å². The lowest BCUT2D eigenvalue weighted by Crippen LogP contribution is -1.87. The molecule has 0 aliphatic heterocycles. The summed E-state index contributed by atoms with van der Waals surface area (Å²) in [6, 6.07) is 30.3. The van der Waals surface area contributed by atoms with Crippen molar-refractivity contribution in [2.75, 3.05) is 0 Å². The molecule has 0 fully saturated rings. The standard InChI is InChI=1S/C34H20O6/c35-30-28(31(36)33(38)34(39)32(30)37)19-11-14-23-25(15-19)40-24-6-2-5-21(29(23)24)20-12-9-18-8-7-16-3-1-4-17-10-13-22(20)27(18)26(16)17/h1-15,35-39H. The minimum atomic E-state index is -0.999. The van der Waals surface area contributed by atoms with E-state index in [9.17, 15) is 25.5 Å². The van der Waals surface area contributed by atoms with Crippen LogP contribution in [0.2, 0.25) is 0 Å². The average Bonchev–Trinajstić information content (AvgIpc) is 3.36. The predicted octanol–water partition coefficient (Wildman–Crippen LogP) is 8.35. The molecule has 0 atom stereocenters. The molecule has 192 valence electrons. The van der Waals surface area contributed by atoms with Gasteiger partial charge in [0.15, 0.2) is 11.5 Å². The Labute approximate surface area is 226 Å². The summed E-state index contributed by atoms with van der Waals surface area (Å²) in [6.45, 7) is 0. The molecule has 1 heterocycles. The Balaban J connectivity index is 1.40. The number of hydrogen-bond acceptors (Lipinski definition) is 6. The van der Waals surface area contributed by atoms with Crippen molar-refractivity contribution in [3.63, 3.8) is 0 Å². The van der Waals surface area contributed by atoms with Gasteiger partial charge in [0.1, 0.15) is 11.2 Å². The van der Waals surface area contributed by atoms with Crippen LogP contribution in [0.3, 0.4) is 0 Å². The molecule has 6 heteroatoms. The highest BCUT2D eigenvalue weighted by Gasteiger charge is 2.25. The van der Waals surface area contributed by atoms with Crippen molar-refractivity contribution >= 4 is 54.3 Å². The van der Waals surface area contributed by atoms with Gasteiger partial charge in [0.05, 0.1) is 5.56 Å². The summed E-state index contributed by atoms with van der Waals surface area (Å²) < 4.78 is 6.23. The van der Waals surface area contributed by atoms with Crippen molar-refractivity contribution in [3.8, 4) is 51.0 Å². The van der Waals surface area contributed by atoms with Gasteiger partial charge in [-0.15, -0.1) is 0 Å². The van der Waals surface area contributed by atoms with E-state index in [0.717, 1.165) is 27.3 Å². The molecule has 40 heavy (non-hydrogen) atoms. The first kappa shape index (κ1) is 22.4. The molecule has 0 saturated carbocycles.